The minimum atomic E-state index is -0.608. The van der Waals surface area contributed by atoms with Crippen LogP contribution in [0, 0.1) is 17.8 Å². The molecule has 0 radical (unpaired) electrons. The van der Waals surface area contributed by atoms with Gasteiger partial charge >= 0.3 is 5.97 Å². The number of fused-ring (bicyclic) bond motifs is 1. The average molecular weight is 491 g/mol. The topological polar surface area (TPSA) is 97.1 Å². The van der Waals surface area contributed by atoms with Gasteiger partial charge in [-0.2, -0.15) is 0 Å². The first-order valence-corrected chi connectivity index (χ1v) is 12.9. The number of nitrogens with zero attached hydrogens (tertiary/aromatic N) is 2. The van der Waals surface area contributed by atoms with Crippen molar-refractivity contribution < 1.29 is 28.3 Å². The van der Waals surface area contributed by atoms with E-state index in [-0.39, 0.29) is 31.0 Å². The maximum atomic E-state index is 13.5. The summed E-state index contributed by atoms with van der Waals surface area (Å²) in [7, 11) is 0. The number of esters is 1. The van der Waals surface area contributed by atoms with E-state index in [0.717, 1.165) is 29.9 Å². The van der Waals surface area contributed by atoms with Crippen molar-refractivity contribution in [3.05, 3.63) is 59.5 Å². The number of carbonyl (C=O) groups excluding carboxylic acids is 4. The number of furan rings is 1. The maximum absolute atomic E-state index is 13.5. The Hall–Kier alpha value is -3.42. The molecule has 36 heavy (non-hydrogen) atoms. The highest BCUT2D eigenvalue weighted by atomic mass is 16.5. The van der Waals surface area contributed by atoms with Crippen LogP contribution >= 0.6 is 0 Å². The molecule has 4 bridgehead atoms. The second kappa shape index (κ2) is 8.91. The fourth-order valence-corrected chi connectivity index (χ4v) is 7.41. The predicted molar refractivity (Wildman–Crippen MR) is 128 cm³/mol. The largest absolute Gasteiger partial charge is 0.467 e. The van der Waals surface area contributed by atoms with Gasteiger partial charge in [0.05, 0.1) is 30.4 Å². The molecule has 0 saturated heterocycles. The van der Waals surface area contributed by atoms with E-state index >= 15 is 0 Å². The molecule has 0 N–H and O–H groups in total. The molecule has 5 aliphatic rings. The SMILES string of the molecule is O=C(CCN1C(=O)c2ccccc2C1=O)OCC(=O)N(Cc1ccco1)C12CC3CC(CC(C3)C1)C2. The molecule has 1 aromatic heterocycles. The Kier molecular flexibility index (Phi) is 5.69. The van der Waals surface area contributed by atoms with Crippen LogP contribution in [0.1, 0.15) is 71.4 Å². The van der Waals surface area contributed by atoms with Crippen LogP contribution in [0.3, 0.4) is 0 Å². The number of ether oxygens (including phenoxy) is 1. The van der Waals surface area contributed by atoms with Gasteiger partial charge in [-0.25, -0.2) is 0 Å². The monoisotopic (exact) mass is 490 g/mol. The van der Waals surface area contributed by atoms with Crippen molar-refractivity contribution in [1.82, 2.24) is 9.80 Å². The van der Waals surface area contributed by atoms with E-state index in [2.05, 4.69) is 0 Å². The number of imide groups is 1. The third-order valence-corrected chi connectivity index (χ3v) is 8.55. The molecule has 8 nitrogen and oxygen atoms in total. The maximum Gasteiger partial charge on any atom is 0.308 e. The third kappa shape index (κ3) is 4.02. The highest BCUT2D eigenvalue weighted by molar-refractivity contribution is 6.21. The molecule has 0 atom stereocenters. The Morgan fingerprint density at radius 2 is 1.56 bits per heavy atom. The van der Waals surface area contributed by atoms with Crippen molar-refractivity contribution in [1.29, 1.82) is 0 Å². The molecular formula is C28H30N2O6. The zero-order chi connectivity index (χ0) is 24.9. The number of benzene rings is 1. The first kappa shape index (κ1) is 23.0. The zero-order valence-electron chi connectivity index (χ0n) is 20.2. The van der Waals surface area contributed by atoms with Crippen LogP contribution in [0.15, 0.2) is 47.1 Å². The second-order valence-corrected chi connectivity index (χ2v) is 10.9. The summed E-state index contributed by atoms with van der Waals surface area (Å²) in [6, 6.07) is 10.3. The Balaban J connectivity index is 1.09. The summed E-state index contributed by atoms with van der Waals surface area (Å²) in [5.74, 6) is 1.04. The summed E-state index contributed by atoms with van der Waals surface area (Å²) in [6.07, 6.45) is 8.22. The van der Waals surface area contributed by atoms with Gasteiger partial charge in [0, 0.05) is 12.1 Å². The summed E-state index contributed by atoms with van der Waals surface area (Å²) < 4.78 is 10.9. The molecule has 0 unspecified atom stereocenters. The van der Waals surface area contributed by atoms with Gasteiger partial charge in [0.15, 0.2) is 6.61 Å². The summed E-state index contributed by atoms with van der Waals surface area (Å²) in [6.45, 7) is -0.0710. The fourth-order valence-electron chi connectivity index (χ4n) is 7.41. The number of rotatable bonds is 8. The fraction of sp³-hybridized carbons (Fsp3) is 0.500. The number of hydrogen-bond acceptors (Lipinski definition) is 6. The number of amides is 3. The lowest BCUT2D eigenvalue weighted by atomic mass is 9.52. The van der Waals surface area contributed by atoms with Gasteiger partial charge in [0.25, 0.3) is 17.7 Å². The van der Waals surface area contributed by atoms with E-state index in [0.29, 0.717) is 35.4 Å². The summed E-state index contributed by atoms with van der Waals surface area (Å²) in [5.41, 5.74) is 0.482. The van der Waals surface area contributed by atoms with Gasteiger partial charge < -0.3 is 14.1 Å². The molecule has 4 saturated carbocycles. The highest BCUT2D eigenvalue weighted by Gasteiger charge is 2.54. The van der Waals surface area contributed by atoms with Crippen molar-refractivity contribution in [2.75, 3.05) is 13.2 Å². The molecule has 3 amide bonds. The lowest BCUT2D eigenvalue weighted by Crippen LogP contribution is -2.61. The van der Waals surface area contributed by atoms with Gasteiger partial charge in [0.2, 0.25) is 0 Å². The van der Waals surface area contributed by atoms with Crippen molar-refractivity contribution in [3.8, 4) is 0 Å². The van der Waals surface area contributed by atoms with Gasteiger partial charge in [0.1, 0.15) is 5.76 Å². The molecule has 4 fully saturated rings. The highest BCUT2D eigenvalue weighted by Crippen LogP contribution is 2.58. The van der Waals surface area contributed by atoms with Crippen molar-refractivity contribution in [3.63, 3.8) is 0 Å². The molecule has 1 aliphatic heterocycles. The minimum absolute atomic E-state index is 0.0789. The zero-order valence-corrected chi connectivity index (χ0v) is 20.2. The molecule has 188 valence electrons. The van der Waals surface area contributed by atoms with Crippen LogP contribution in [-0.2, 0) is 20.9 Å². The summed E-state index contributed by atoms with van der Waals surface area (Å²) in [5, 5.41) is 0. The molecule has 2 aromatic rings. The van der Waals surface area contributed by atoms with Crippen LogP contribution in [0.5, 0.6) is 0 Å². The van der Waals surface area contributed by atoms with Crippen LogP contribution in [0.2, 0.25) is 0 Å². The molecular weight excluding hydrogens is 460 g/mol. The number of carbonyl (C=O) groups is 4. The van der Waals surface area contributed by atoms with E-state index in [1.165, 1.54) is 19.3 Å². The molecule has 7 rings (SSSR count). The Labute approximate surface area is 209 Å². The molecule has 8 heteroatoms. The molecule has 2 heterocycles. The minimum Gasteiger partial charge on any atom is -0.467 e. The standard InChI is InChI=1S/C28H30N2O6/c31-24(17-36-25(32)7-8-29-26(33)22-5-1-2-6-23(22)27(29)34)30(16-21-4-3-9-35-21)28-13-18-10-19(14-28)12-20(11-18)15-28/h1-6,9,18-20H,7-8,10-17H2. The summed E-state index contributed by atoms with van der Waals surface area (Å²) in [4.78, 5) is 54.0. The first-order valence-electron chi connectivity index (χ1n) is 12.9. The lowest BCUT2D eigenvalue weighted by Gasteiger charge is -2.60. The third-order valence-electron chi connectivity index (χ3n) is 8.55. The average Bonchev–Trinajstić information content (AvgIpc) is 3.46. The number of hydrogen-bond donors (Lipinski definition) is 0. The Morgan fingerprint density at radius 3 is 2.11 bits per heavy atom. The van der Waals surface area contributed by atoms with Gasteiger partial charge in [-0.05, 0) is 80.5 Å². The quantitative estimate of drug-likeness (QED) is 0.412. The second-order valence-electron chi connectivity index (χ2n) is 10.9. The van der Waals surface area contributed by atoms with Crippen molar-refractivity contribution >= 4 is 23.7 Å². The van der Waals surface area contributed by atoms with E-state index in [1.807, 2.05) is 17.0 Å². The molecule has 1 aromatic carbocycles. The van der Waals surface area contributed by atoms with Crippen LogP contribution in [0.25, 0.3) is 0 Å². The Bertz CT molecular complexity index is 1130. The Morgan fingerprint density at radius 1 is 0.944 bits per heavy atom. The van der Waals surface area contributed by atoms with E-state index in [9.17, 15) is 19.2 Å². The van der Waals surface area contributed by atoms with Crippen LogP contribution in [-0.4, -0.2) is 52.2 Å². The van der Waals surface area contributed by atoms with E-state index < -0.39 is 17.8 Å². The lowest BCUT2D eigenvalue weighted by molar-refractivity contribution is -0.163. The van der Waals surface area contributed by atoms with E-state index in [4.69, 9.17) is 9.15 Å². The van der Waals surface area contributed by atoms with Crippen molar-refractivity contribution in [2.24, 2.45) is 17.8 Å². The molecule has 4 aliphatic carbocycles. The van der Waals surface area contributed by atoms with Crippen LogP contribution < -0.4 is 0 Å². The predicted octanol–water partition coefficient (Wildman–Crippen LogP) is 3.81. The van der Waals surface area contributed by atoms with Gasteiger partial charge in [-0.15, -0.1) is 0 Å². The molecule has 0 spiro atoms. The first-order chi connectivity index (χ1) is 17.4. The van der Waals surface area contributed by atoms with Gasteiger partial charge in [-0.1, -0.05) is 12.1 Å². The summed E-state index contributed by atoms with van der Waals surface area (Å²) >= 11 is 0. The normalized spacial score (nSPS) is 27.9. The van der Waals surface area contributed by atoms with Crippen molar-refractivity contribution in [2.45, 2.75) is 57.0 Å². The van der Waals surface area contributed by atoms with Gasteiger partial charge in [-0.3, -0.25) is 24.1 Å². The van der Waals surface area contributed by atoms with E-state index in [1.54, 1.807) is 30.5 Å². The van der Waals surface area contributed by atoms with Crippen LogP contribution in [0.4, 0.5) is 0 Å². The smallest absolute Gasteiger partial charge is 0.308 e.